The summed E-state index contributed by atoms with van der Waals surface area (Å²) in [5.41, 5.74) is 2.64. The van der Waals surface area contributed by atoms with E-state index in [4.69, 9.17) is 14.7 Å². The second kappa shape index (κ2) is 7.50. The van der Waals surface area contributed by atoms with E-state index in [0.717, 1.165) is 33.6 Å². The largest absolute Gasteiger partial charge is 0.369 e. The van der Waals surface area contributed by atoms with Crippen LogP contribution < -0.4 is 0 Å². The fourth-order valence-corrected chi connectivity index (χ4v) is 5.83. The van der Waals surface area contributed by atoms with Gasteiger partial charge in [-0.2, -0.15) is 0 Å². The number of thiophene rings is 1. The zero-order valence-electron chi connectivity index (χ0n) is 15.2. The van der Waals surface area contributed by atoms with E-state index in [1.54, 1.807) is 23.1 Å². The SMILES string of the molecule is CC[C@@]1(C)Cc2c(sc3nc(SC)nc(SCc4ccccc4)c23)CO1. The molecule has 4 rings (SSSR count). The van der Waals surface area contributed by atoms with Crippen LogP contribution in [0.15, 0.2) is 40.5 Å². The maximum Gasteiger partial charge on any atom is 0.189 e. The predicted octanol–water partition coefficient (Wildman–Crippen LogP) is 5.95. The van der Waals surface area contributed by atoms with Gasteiger partial charge in [0.25, 0.3) is 0 Å². The van der Waals surface area contributed by atoms with Gasteiger partial charge in [-0.3, -0.25) is 0 Å². The summed E-state index contributed by atoms with van der Waals surface area (Å²) in [6.07, 6.45) is 4.00. The molecule has 2 aromatic heterocycles. The third kappa shape index (κ3) is 3.52. The summed E-state index contributed by atoms with van der Waals surface area (Å²) in [7, 11) is 0. The third-order valence-electron chi connectivity index (χ3n) is 4.93. The molecule has 0 saturated carbocycles. The van der Waals surface area contributed by atoms with Crippen LogP contribution in [0.2, 0.25) is 0 Å². The van der Waals surface area contributed by atoms with Gasteiger partial charge in [0.2, 0.25) is 0 Å². The van der Waals surface area contributed by atoms with Gasteiger partial charge in [0.05, 0.1) is 12.2 Å². The van der Waals surface area contributed by atoms with E-state index in [-0.39, 0.29) is 5.60 Å². The van der Waals surface area contributed by atoms with Crippen molar-refractivity contribution in [2.45, 2.75) is 54.8 Å². The number of hydrogen-bond acceptors (Lipinski definition) is 6. The van der Waals surface area contributed by atoms with Gasteiger partial charge < -0.3 is 4.74 Å². The second-order valence-electron chi connectivity index (χ2n) is 6.74. The molecule has 3 aromatic rings. The van der Waals surface area contributed by atoms with Crippen molar-refractivity contribution in [1.82, 2.24) is 9.97 Å². The highest BCUT2D eigenvalue weighted by molar-refractivity contribution is 7.99. The summed E-state index contributed by atoms with van der Waals surface area (Å²) in [5, 5.41) is 3.22. The number of fused-ring (bicyclic) bond motifs is 3. The summed E-state index contributed by atoms with van der Waals surface area (Å²) in [5.74, 6) is 0.924. The first-order valence-electron chi connectivity index (χ1n) is 8.79. The molecule has 0 fully saturated rings. The molecule has 0 spiro atoms. The van der Waals surface area contributed by atoms with Crippen LogP contribution in [0.4, 0.5) is 0 Å². The maximum absolute atomic E-state index is 6.15. The van der Waals surface area contributed by atoms with Crippen molar-refractivity contribution in [3.63, 3.8) is 0 Å². The zero-order valence-corrected chi connectivity index (χ0v) is 17.7. The Balaban J connectivity index is 1.76. The quantitative estimate of drug-likeness (QED) is 0.299. The van der Waals surface area contributed by atoms with Crippen molar-refractivity contribution < 1.29 is 4.74 Å². The Hall–Kier alpha value is -1.08. The first-order chi connectivity index (χ1) is 12.6. The average molecular weight is 403 g/mol. The average Bonchev–Trinajstić information content (AvgIpc) is 3.04. The van der Waals surface area contributed by atoms with Crippen LogP contribution in [0.3, 0.4) is 0 Å². The number of aromatic nitrogens is 2. The highest BCUT2D eigenvalue weighted by Gasteiger charge is 2.33. The van der Waals surface area contributed by atoms with Crippen LogP contribution in [0.5, 0.6) is 0 Å². The van der Waals surface area contributed by atoms with Crippen molar-refractivity contribution in [1.29, 1.82) is 0 Å². The number of hydrogen-bond donors (Lipinski definition) is 0. The Morgan fingerprint density at radius 1 is 1.23 bits per heavy atom. The van der Waals surface area contributed by atoms with Crippen molar-refractivity contribution >= 4 is 45.1 Å². The van der Waals surface area contributed by atoms with Crippen molar-refractivity contribution in [3.05, 3.63) is 46.3 Å². The summed E-state index contributed by atoms with van der Waals surface area (Å²) in [6.45, 7) is 5.11. The van der Waals surface area contributed by atoms with Crippen molar-refractivity contribution in [3.8, 4) is 0 Å². The standard InChI is InChI=1S/C20H22N2OS3/c1-4-20(2)10-14-15(11-23-20)26-18-16(14)17(21-19(22-18)24-3)25-12-13-8-6-5-7-9-13/h5-9H,4,10-12H2,1-3H3/t20-/m0/s1. The lowest BCUT2D eigenvalue weighted by molar-refractivity contribution is -0.0543. The molecule has 1 atom stereocenters. The van der Waals surface area contributed by atoms with Gasteiger partial charge in [-0.25, -0.2) is 9.97 Å². The van der Waals surface area contributed by atoms with Crippen molar-refractivity contribution in [2.75, 3.05) is 6.26 Å². The Morgan fingerprint density at radius 2 is 2.04 bits per heavy atom. The van der Waals surface area contributed by atoms with E-state index >= 15 is 0 Å². The Morgan fingerprint density at radius 3 is 2.77 bits per heavy atom. The molecule has 0 radical (unpaired) electrons. The Kier molecular flexibility index (Phi) is 5.28. The van der Waals surface area contributed by atoms with Crippen LogP contribution >= 0.6 is 34.9 Å². The maximum atomic E-state index is 6.15. The number of nitrogens with zero attached hydrogens (tertiary/aromatic N) is 2. The van der Waals surface area contributed by atoms with Crippen LogP contribution in [0, 0.1) is 0 Å². The molecule has 0 unspecified atom stereocenters. The number of rotatable bonds is 5. The first-order valence-corrected chi connectivity index (χ1v) is 11.8. The topological polar surface area (TPSA) is 35.0 Å². The number of ether oxygens (including phenoxy) is 1. The monoisotopic (exact) mass is 402 g/mol. The highest BCUT2D eigenvalue weighted by Crippen LogP contribution is 2.43. The molecule has 6 heteroatoms. The lowest BCUT2D eigenvalue weighted by Crippen LogP contribution is -2.33. The first kappa shape index (κ1) is 18.3. The van der Waals surface area contributed by atoms with Crippen LogP contribution in [-0.2, 0) is 23.5 Å². The molecule has 1 aliphatic rings. The number of thioether (sulfide) groups is 2. The van der Waals surface area contributed by atoms with Gasteiger partial charge in [0, 0.05) is 22.4 Å². The fraction of sp³-hybridized carbons (Fsp3) is 0.400. The van der Waals surface area contributed by atoms with E-state index in [9.17, 15) is 0 Å². The molecular weight excluding hydrogens is 380 g/mol. The van der Waals surface area contributed by atoms with Gasteiger partial charge in [0.15, 0.2) is 5.16 Å². The van der Waals surface area contributed by atoms with E-state index in [1.165, 1.54) is 21.4 Å². The molecule has 136 valence electrons. The third-order valence-corrected chi connectivity index (χ3v) is 7.63. The predicted molar refractivity (Wildman–Crippen MR) is 112 cm³/mol. The van der Waals surface area contributed by atoms with Gasteiger partial charge >= 0.3 is 0 Å². The summed E-state index contributed by atoms with van der Waals surface area (Å²) in [4.78, 5) is 12.1. The van der Waals surface area contributed by atoms with E-state index in [2.05, 4.69) is 44.2 Å². The molecule has 1 aliphatic heterocycles. The number of benzene rings is 1. The molecule has 1 aromatic carbocycles. The molecule has 0 saturated heterocycles. The second-order valence-corrected chi connectivity index (χ2v) is 9.56. The smallest absolute Gasteiger partial charge is 0.189 e. The summed E-state index contributed by atoms with van der Waals surface area (Å²) < 4.78 is 6.15. The fourth-order valence-electron chi connectivity index (χ4n) is 3.17. The van der Waals surface area contributed by atoms with Gasteiger partial charge in [-0.15, -0.1) is 23.1 Å². The lowest BCUT2D eigenvalue weighted by Gasteiger charge is -2.33. The van der Waals surface area contributed by atoms with Gasteiger partial charge in [-0.05, 0) is 30.7 Å². The van der Waals surface area contributed by atoms with Crippen LogP contribution in [-0.4, -0.2) is 21.8 Å². The molecule has 0 N–H and O–H groups in total. The minimum absolute atomic E-state index is 0.0828. The molecule has 0 bridgehead atoms. The molecule has 3 heterocycles. The summed E-state index contributed by atoms with van der Waals surface area (Å²) >= 11 is 5.20. The van der Waals surface area contributed by atoms with Gasteiger partial charge in [0.1, 0.15) is 9.86 Å². The minimum Gasteiger partial charge on any atom is -0.369 e. The van der Waals surface area contributed by atoms with Crippen LogP contribution in [0.1, 0.15) is 36.3 Å². The zero-order chi connectivity index (χ0) is 18.1. The molecule has 0 aliphatic carbocycles. The van der Waals surface area contributed by atoms with E-state index in [0.29, 0.717) is 6.61 Å². The lowest BCUT2D eigenvalue weighted by atomic mass is 9.90. The van der Waals surface area contributed by atoms with Crippen molar-refractivity contribution in [2.24, 2.45) is 0 Å². The molecule has 3 nitrogen and oxygen atoms in total. The normalized spacial score (nSPS) is 19.7. The minimum atomic E-state index is -0.0828. The molecule has 26 heavy (non-hydrogen) atoms. The van der Waals surface area contributed by atoms with E-state index in [1.807, 2.05) is 18.0 Å². The highest BCUT2D eigenvalue weighted by atomic mass is 32.2. The summed E-state index contributed by atoms with van der Waals surface area (Å²) in [6, 6.07) is 10.6. The molecule has 0 amide bonds. The van der Waals surface area contributed by atoms with E-state index < -0.39 is 0 Å². The van der Waals surface area contributed by atoms with Crippen LogP contribution in [0.25, 0.3) is 10.2 Å². The molecular formula is C20H22N2OS3. The van der Waals surface area contributed by atoms with Gasteiger partial charge in [-0.1, -0.05) is 49.0 Å². The Bertz CT molecular complexity index is 926. The Labute approximate surface area is 167 Å².